The first-order chi connectivity index (χ1) is 9.76. The van der Waals surface area contributed by atoms with Gasteiger partial charge in [0.2, 0.25) is 0 Å². The lowest BCUT2D eigenvalue weighted by atomic mass is 9.92. The molecule has 1 aliphatic rings. The molecule has 116 valence electrons. The van der Waals surface area contributed by atoms with Crippen LogP contribution in [0.15, 0.2) is 24.3 Å². The maximum absolute atomic E-state index is 11.3. The third-order valence-electron chi connectivity index (χ3n) is 5.23. The van der Waals surface area contributed by atoms with Gasteiger partial charge in [0, 0.05) is 11.5 Å². The molecular weight excluding hydrogens is 276 g/mol. The quantitative estimate of drug-likeness (QED) is 0.567. The summed E-state index contributed by atoms with van der Waals surface area (Å²) in [6.45, 7) is 11.5. The van der Waals surface area contributed by atoms with Gasteiger partial charge in [0.25, 0.3) is 0 Å². The first-order valence-corrected chi connectivity index (χ1v) is 10.9. The van der Waals surface area contributed by atoms with Crippen molar-refractivity contribution in [3.8, 4) is 0 Å². The van der Waals surface area contributed by atoms with E-state index in [1.807, 2.05) is 18.2 Å². The smallest absolute Gasteiger partial charge is 0.192 e. The zero-order chi connectivity index (χ0) is 15.7. The van der Waals surface area contributed by atoms with E-state index in [9.17, 15) is 4.79 Å². The average molecular weight is 305 g/mol. The SMILES string of the molecule is CC(C)(C)[Si](C)(C)OC1CCCC1c1ccccc1C=O. The van der Waals surface area contributed by atoms with Crippen LogP contribution in [0.1, 0.15) is 61.9 Å². The van der Waals surface area contributed by atoms with Crippen molar-refractivity contribution in [2.75, 3.05) is 0 Å². The van der Waals surface area contributed by atoms with Crippen LogP contribution >= 0.6 is 0 Å². The van der Waals surface area contributed by atoms with Crippen molar-refractivity contribution in [3.05, 3.63) is 35.4 Å². The summed E-state index contributed by atoms with van der Waals surface area (Å²) < 4.78 is 6.65. The fourth-order valence-electron chi connectivity index (χ4n) is 2.93. The molecule has 21 heavy (non-hydrogen) atoms. The van der Waals surface area contributed by atoms with E-state index in [1.165, 1.54) is 12.0 Å². The number of aldehydes is 1. The minimum Gasteiger partial charge on any atom is -0.413 e. The van der Waals surface area contributed by atoms with E-state index in [4.69, 9.17) is 4.43 Å². The second-order valence-electron chi connectivity index (χ2n) is 7.70. The number of carbonyl (C=O) groups excluding carboxylic acids is 1. The van der Waals surface area contributed by atoms with Crippen LogP contribution in [0.2, 0.25) is 18.1 Å². The predicted octanol–water partition coefficient (Wildman–Crippen LogP) is 5.16. The van der Waals surface area contributed by atoms with Gasteiger partial charge in [-0.25, -0.2) is 0 Å². The molecule has 3 heteroatoms. The van der Waals surface area contributed by atoms with Crippen LogP contribution in [0.4, 0.5) is 0 Å². The lowest BCUT2D eigenvalue weighted by molar-refractivity contribution is 0.112. The largest absolute Gasteiger partial charge is 0.413 e. The van der Waals surface area contributed by atoms with E-state index in [2.05, 4.69) is 39.9 Å². The lowest BCUT2D eigenvalue weighted by Crippen LogP contribution is -2.44. The molecule has 0 bridgehead atoms. The van der Waals surface area contributed by atoms with Crippen molar-refractivity contribution in [1.82, 2.24) is 0 Å². The normalized spacial score (nSPS) is 23.3. The molecule has 2 rings (SSSR count). The summed E-state index contributed by atoms with van der Waals surface area (Å²) in [5.41, 5.74) is 2.00. The molecule has 0 radical (unpaired) electrons. The van der Waals surface area contributed by atoms with Gasteiger partial charge in [0.05, 0.1) is 6.10 Å². The van der Waals surface area contributed by atoms with Crippen molar-refractivity contribution in [1.29, 1.82) is 0 Å². The maximum atomic E-state index is 11.3. The van der Waals surface area contributed by atoms with Gasteiger partial charge in [-0.05, 0) is 36.5 Å². The van der Waals surface area contributed by atoms with Crippen molar-refractivity contribution >= 4 is 14.6 Å². The molecular formula is C18H28O2Si. The van der Waals surface area contributed by atoms with E-state index < -0.39 is 8.32 Å². The molecule has 0 aliphatic heterocycles. The molecule has 1 aromatic carbocycles. The van der Waals surface area contributed by atoms with Gasteiger partial charge in [-0.2, -0.15) is 0 Å². The third-order valence-corrected chi connectivity index (χ3v) is 9.73. The lowest BCUT2D eigenvalue weighted by Gasteiger charge is -2.40. The Morgan fingerprint density at radius 1 is 1.19 bits per heavy atom. The minimum absolute atomic E-state index is 0.227. The zero-order valence-electron chi connectivity index (χ0n) is 14.0. The van der Waals surface area contributed by atoms with Crippen molar-refractivity contribution in [3.63, 3.8) is 0 Å². The van der Waals surface area contributed by atoms with E-state index >= 15 is 0 Å². The summed E-state index contributed by atoms with van der Waals surface area (Å²) in [5.74, 6) is 0.375. The summed E-state index contributed by atoms with van der Waals surface area (Å²) in [4.78, 5) is 11.3. The van der Waals surface area contributed by atoms with E-state index in [1.54, 1.807) is 0 Å². The third kappa shape index (κ3) is 3.46. The van der Waals surface area contributed by atoms with Gasteiger partial charge in [-0.15, -0.1) is 0 Å². The molecule has 2 nitrogen and oxygen atoms in total. The average Bonchev–Trinajstić information content (AvgIpc) is 2.84. The number of hydrogen-bond donors (Lipinski definition) is 0. The molecule has 1 aromatic rings. The van der Waals surface area contributed by atoms with Crippen LogP contribution in [-0.2, 0) is 4.43 Å². The van der Waals surface area contributed by atoms with Crippen LogP contribution in [0.3, 0.4) is 0 Å². The summed E-state index contributed by atoms with van der Waals surface area (Å²) in [6, 6.07) is 7.99. The molecule has 1 fully saturated rings. The first kappa shape index (κ1) is 16.4. The Morgan fingerprint density at radius 3 is 2.48 bits per heavy atom. The zero-order valence-corrected chi connectivity index (χ0v) is 15.0. The Balaban J connectivity index is 2.23. The molecule has 1 saturated carbocycles. The highest BCUT2D eigenvalue weighted by Crippen LogP contribution is 2.44. The molecule has 2 unspecified atom stereocenters. The van der Waals surface area contributed by atoms with Crippen molar-refractivity contribution in [2.24, 2.45) is 0 Å². The number of carbonyl (C=O) groups is 1. The summed E-state index contributed by atoms with van der Waals surface area (Å²) in [7, 11) is -1.76. The highest BCUT2D eigenvalue weighted by Gasteiger charge is 2.42. The Kier molecular flexibility index (Phi) is 4.74. The van der Waals surface area contributed by atoms with Gasteiger partial charge in [0.15, 0.2) is 8.32 Å². The fourth-order valence-corrected chi connectivity index (χ4v) is 4.33. The highest BCUT2D eigenvalue weighted by atomic mass is 28.4. The number of hydrogen-bond acceptors (Lipinski definition) is 2. The minimum atomic E-state index is -1.76. The Hall–Kier alpha value is -0.933. The number of benzene rings is 1. The highest BCUT2D eigenvalue weighted by molar-refractivity contribution is 6.74. The first-order valence-electron chi connectivity index (χ1n) is 7.98. The molecule has 0 N–H and O–H groups in total. The van der Waals surface area contributed by atoms with Crippen LogP contribution in [0.5, 0.6) is 0 Å². The van der Waals surface area contributed by atoms with Crippen LogP contribution in [0, 0.1) is 0 Å². The summed E-state index contributed by atoms with van der Waals surface area (Å²) in [5, 5.41) is 0.227. The second-order valence-corrected chi connectivity index (χ2v) is 12.5. The summed E-state index contributed by atoms with van der Waals surface area (Å²) in [6.07, 6.45) is 4.69. The molecule has 0 amide bonds. The van der Waals surface area contributed by atoms with Gasteiger partial charge in [-0.3, -0.25) is 4.79 Å². The predicted molar refractivity (Wildman–Crippen MR) is 90.5 cm³/mol. The van der Waals surface area contributed by atoms with E-state index in [-0.39, 0.29) is 11.1 Å². The Bertz CT molecular complexity index is 502. The molecule has 0 saturated heterocycles. The molecule has 0 heterocycles. The monoisotopic (exact) mass is 304 g/mol. The topological polar surface area (TPSA) is 26.3 Å². The van der Waals surface area contributed by atoms with Gasteiger partial charge >= 0.3 is 0 Å². The summed E-state index contributed by atoms with van der Waals surface area (Å²) >= 11 is 0. The van der Waals surface area contributed by atoms with Crippen LogP contribution in [-0.4, -0.2) is 20.7 Å². The van der Waals surface area contributed by atoms with Crippen molar-refractivity contribution in [2.45, 2.75) is 70.2 Å². The Labute approximate surface area is 130 Å². The van der Waals surface area contributed by atoms with Gasteiger partial charge in [0.1, 0.15) is 6.29 Å². The molecule has 2 atom stereocenters. The van der Waals surface area contributed by atoms with Gasteiger partial charge in [-0.1, -0.05) is 51.5 Å². The number of rotatable bonds is 4. The van der Waals surface area contributed by atoms with Gasteiger partial charge < -0.3 is 4.43 Å². The maximum Gasteiger partial charge on any atom is 0.192 e. The van der Waals surface area contributed by atoms with E-state index in [0.29, 0.717) is 5.92 Å². The van der Waals surface area contributed by atoms with Crippen LogP contribution < -0.4 is 0 Å². The molecule has 0 spiro atoms. The standard InChI is InChI=1S/C18H28O2Si/c1-18(2,3)21(4,5)20-17-12-8-11-16(17)15-10-7-6-9-14(15)13-19/h6-7,9-10,13,16-17H,8,11-12H2,1-5H3. The van der Waals surface area contributed by atoms with Crippen molar-refractivity contribution < 1.29 is 9.22 Å². The molecule has 0 aromatic heterocycles. The van der Waals surface area contributed by atoms with Crippen LogP contribution in [0.25, 0.3) is 0 Å². The molecule has 1 aliphatic carbocycles. The fraction of sp³-hybridized carbons (Fsp3) is 0.611. The Morgan fingerprint density at radius 2 is 1.86 bits per heavy atom. The van der Waals surface area contributed by atoms with E-state index in [0.717, 1.165) is 24.7 Å². The second kappa shape index (κ2) is 6.05.